The smallest absolute Gasteiger partial charge is 0.276 e. The third kappa shape index (κ3) is 2.48. The van der Waals surface area contributed by atoms with E-state index < -0.39 is 0 Å². The number of piperazine rings is 1. The Hall–Kier alpha value is -2.74. The molecule has 2 aliphatic rings. The van der Waals surface area contributed by atoms with Crippen LogP contribution in [0, 0.1) is 0 Å². The lowest BCUT2D eigenvalue weighted by molar-refractivity contribution is 0.0735. The van der Waals surface area contributed by atoms with Crippen LogP contribution >= 0.6 is 11.3 Å². The summed E-state index contributed by atoms with van der Waals surface area (Å²) in [6.45, 7) is 2.68. The van der Waals surface area contributed by atoms with Gasteiger partial charge in [0.2, 0.25) is 5.95 Å². The Kier molecular flexibility index (Phi) is 3.70. The van der Waals surface area contributed by atoms with Crippen molar-refractivity contribution in [3.8, 4) is 11.3 Å². The number of aryl methyl sites for hydroxylation is 1. The largest absolute Gasteiger partial charge is 0.355 e. The van der Waals surface area contributed by atoms with Gasteiger partial charge in [-0.25, -0.2) is 9.97 Å². The lowest BCUT2D eigenvalue weighted by Crippen LogP contribution is -2.49. The van der Waals surface area contributed by atoms with Crippen LogP contribution < -0.4 is 4.90 Å². The second-order valence-electron chi connectivity index (χ2n) is 6.42. The molecule has 132 valence electrons. The van der Waals surface area contributed by atoms with Crippen LogP contribution in [-0.4, -0.2) is 52.1 Å². The zero-order valence-corrected chi connectivity index (χ0v) is 14.9. The van der Waals surface area contributed by atoms with Gasteiger partial charge in [-0.05, 0) is 30.4 Å². The molecule has 5 rings (SSSR count). The molecule has 4 heterocycles. The second kappa shape index (κ2) is 6.21. The zero-order valence-electron chi connectivity index (χ0n) is 14.1. The minimum Gasteiger partial charge on any atom is -0.355 e. The summed E-state index contributed by atoms with van der Waals surface area (Å²) < 4.78 is 5.55. The Morgan fingerprint density at radius 3 is 2.73 bits per heavy atom. The summed E-state index contributed by atoms with van der Waals surface area (Å²) in [6, 6.07) is 3.85. The first kappa shape index (κ1) is 15.5. The molecule has 0 bridgehead atoms. The molecular formula is C18H17N5O2S. The summed E-state index contributed by atoms with van der Waals surface area (Å²) in [4.78, 5) is 26.8. The van der Waals surface area contributed by atoms with Crippen molar-refractivity contribution in [1.82, 2.24) is 20.0 Å². The van der Waals surface area contributed by atoms with E-state index in [1.165, 1.54) is 4.88 Å². The van der Waals surface area contributed by atoms with E-state index in [9.17, 15) is 4.79 Å². The second-order valence-corrected chi connectivity index (χ2v) is 7.43. The molecular weight excluding hydrogens is 350 g/mol. The van der Waals surface area contributed by atoms with Crippen LogP contribution in [-0.2, 0) is 12.8 Å². The standard InChI is InChI=1S/C18H17N5O2S/c24-17(22-7-9-23(10-8-22)18-19-5-1-6-20-18)15-13-2-3-14-12(4-11-26-14)16(13)25-21-15/h1,4-6,11H,2-3,7-10H2. The molecule has 3 aromatic rings. The Morgan fingerprint density at radius 2 is 1.92 bits per heavy atom. The van der Waals surface area contributed by atoms with E-state index in [4.69, 9.17) is 4.52 Å². The first-order valence-corrected chi connectivity index (χ1v) is 9.56. The lowest BCUT2D eigenvalue weighted by Gasteiger charge is -2.34. The molecule has 0 atom stereocenters. The number of rotatable bonds is 2. The lowest BCUT2D eigenvalue weighted by atomic mass is 9.95. The molecule has 3 aromatic heterocycles. The SMILES string of the molecule is O=C(c1noc2c1CCc1sccc1-2)N1CCN(c2ncccn2)CC1. The molecule has 0 N–H and O–H groups in total. The molecule has 1 saturated heterocycles. The molecule has 0 spiro atoms. The summed E-state index contributed by atoms with van der Waals surface area (Å²) in [5, 5.41) is 6.19. The number of nitrogens with zero attached hydrogens (tertiary/aromatic N) is 5. The molecule has 0 saturated carbocycles. The Bertz CT molecular complexity index is 944. The van der Waals surface area contributed by atoms with E-state index in [-0.39, 0.29) is 5.91 Å². The maximum Gasteiger partial charge on any atom is 0.276 e. The Balaban J connectivity index is 1.33. The van der Waals surface area contributed by atoms with Crippen LogP contribution in [0.25, 0.3) is 11.3 Å². The van der Waals surface area contributed by atoms with Gasteiger partial charge in [0.15, 0.2) is 11.5 Å². The third-order valence-electron chi connectivity index (χ3n) is 4.98. The molecule has 1 fully saturated rings. The van der Waals surface area contributed by atoms with Gasteiger partial charge in [0.1, 0.15) is 0 Å². The van der Waals surface area contributed by atoms with E-state index in [1.807, 2.05) is 4.90 Å². The fraction of sp³-hybridized carbons (Fsp3) is 0.333. The molecule has 0 aromatic carbocycles. The van der Waals surface area contributed by atoms with Gasteiger partial charge in [-0.15, -0.1) is 11.3 Å². The topological polar surface area (TPSA) is 75.4 Å². The van der Waals surface area contributed by atoms with Gasteiger partial charge < -0.3 is 14.3 Å². The van der Waals surface area contributed by atoms with Crippen LogP contribution in [0.3, 0.4) is 0 Å². The van der Waals surface area contributed by atoms with Crippen molar-refractivity contribution in [2.24, 2.45) is 0 Å². The first-order valence-electron chi connectivity index (χ1n) is 8.68. The van der Waals surface area contributed by atoms with Crippen LogP contribution in [0.4, 0.5) is 5.95 Å². The number of amides is 1. The summed E-state index contributed by atoms with van der Waals surface area (Å²) in [5.41, 5.74) is 2.52. The van der Waals surface area contributed by atoms with E-state index in [2.05, 4.69) is 31.5 Å². The van der Waals surface area contributed by atoms with Crippen LogP contribution in [0.2, 0.25) is 0 Å². The molecule has 1 amide bonds. The molecule has 7 nitrogen and oxygen atoms in total. The van der Waals surface area contributed by atoms with Crippen molar-refractivity contribution in [3.63, 3.8) is 0 Å². The molecule has 8 heteroatoms. The number of anilines is 1. The van der Waals surface area contributed by atoms with Gasteiger partial charge >= 0.3 is 0 Å². The van der Waals surface area contributed by atoms with Gasteiger partial charge in [-0.3, -0.25) is 4.79 Å². The quantitative estimate of drug-likeness (QED) is 0.692. The number of aromatic nitrogens is 3. The van der Waals surface area contributed by atoms with Crippen LogP contribution in [0.1, 0.15) is 20.9 Å². The van der Waals surface area contributed by atoms with Crippen molar-refractivity contribution in [2.75, 3.05) is 31.1 Å². The number of carbonyl (C=O) groups is 1. The molecule has 0 unspecified atom stereocenters. The number of carbonyl (C=O) groups excluding carboxylic acids is 1. The molecule has 1 aliphatic heterocycles. The highest BCUT2D eigenvalue weighted by atomic mass is 32.1. The van der Waals surface area contributed by atoms with Crippen LogP contribution in [0.5, 0.6) is 0 Å². The summed E-state index contributed by atoms with van der Waals surface area (Å²) in [7, 11) is 0. The van der Waals surface area contributed by atoms with Crippen molar-refractivity contribution in [3.05, 3.63) is 46.0 Å². The molecule has 26 heavy (non-hydrogen) atoms. The van der Waals surface area contributed by atoms with Gasteiger partial charge in [-0.1, -0.05) is 5.16 Å². The fourth-order valence-corrected chi connectivity index (χ4v) is 4.49. The molecule has 0 radical (unpaired) electrons. The summed E-state index contributed by atoms with van der Waals surface area (Å²) in [6.07, 6.45) is 5.23. The average molecular weight is 367 g/mol. The first-order chi connectivity index (χ1) is 12.8. The van der Waals surface area contributed by atoms with E-state index in [0.29, 0.717) is 37.8 Å². The van der Waals surface area contributed by atoms with Gasteiger partial charge in [0, 0.05) is 54.6 Å². The summed E-state index contributed by atoms with van der Waals surface area (Å²) in [5.74, 6) is 1.44. The minimum absolute atomic E-state index is 0.0395. The zero-order chi connectivity index (χ0) is 17.5. The average Bonchev–Trinajstić information content (AvgIpc) is 3.34. The normalized spacial score (nSPS) is 16.3. The maximum atomic E-state index is 13.0. The van der Waals surface area contributed by atoms with Crippen molar-refractivity contribution in [2.45, 2.75) is 12.8 Å². The third-order valence-corrected chi connectivity index (χ3v) is 5.97. The Morgan fingerprint density at radius 1 is 1.12 bits per heavy atom. The summed E-state index contributed by atoms with van der Waals surface area (Å²) >= 11 is 1.73. The van der Waals surface area contributed by atoms with Gasteiger partial charge in [-0.2, -0.15) is 0 Å². The maximum absolute atomic E-state index is 13.0. The predicted octanol–water partition coefficient (Wildman–Crippen LogP) is 2.25. The van der Waals surface area contributed by atoms with E-state index in [1.54, 1.807) is 29.8 Å². The minimum atomic E-state index is -0.0395. The predicted molar refractivity (Wildman–Crippen MR) is 97.4 cm³/mol. The highest BCUT2D eigenvalue weighted by Gasteiger charge is 2.32. The number of hydrogen-bond acceptors (Lipinski definition) is 7. The monoisotopic (exact) mass is 367 g/mol. The van der Waals surface area contributed by atoms with Crippen LogP contribution in [0.15, 0.2) is 34.4 Å². The molecule has 1 aliphatic carbocycles. The van der Waals surface area contributed by atoms with Crippen molar-refractivity contribution < 1.29 is 9.32 Å². The van der Waals surface area contributed by atoms with E-state index >= 15 is 0 Å². The fourth-order valence-electron chi connectivity index (χ4n) is 3.61. The number of fused-ring (bicyclic) bond motifs is 3. The highest BCUT2D eigenvalue weighted by Crippen LogP contribution is 2.38. The highest BCUT2D eigenvalue weighted by molar-refractivity contribution is 7.10. The van der Waals surface area contributed by atoms with Gasteiger partial charge in [0.05, 0.1) is 0 Å². The number of hydrogen-bond donors (Lipinski definition) is 0. The number of thiophene rings is 1. The van der Waals surface area contributed by atoms with Crippen molar-refractivity contribution in [1.29, 1.82) is 0 Å². The Labute approximate surface area is 154 Å². The van der Waals surface area contributed by atoms with Crippen molar-refractivity contribution >= 4 is 23.2 Å². The van der Waals surface area contributed by atoms with E-state index in [0.717, 1.165) is 29.7 Å². The van der Waals surface area contributed by atoms with Gasteiger partial charge in [0.25, 0.3) is 5.91 Å².